The van der Waals surface area contributed by atoms with Crippen LogP contribution in [0.2, 0.25) is 0 Å². The van der Waals surface area contributed by atoms with Crippen LogP contribution in [0.5, 0.6) is 0 Å². The molecule has 0 aromatic heterocycles. The number of carbonyl (C=O) groups is 4. The maximum absolute atomic E-state index is 14.3. The molecule has 1 heterocycles. The van der Waals surface area contributed by atoms with Gasteiger partial charge in [-0.25, -0.2) is 18.4 Å². The van der Waals surface area contributed by atoms with Gasteiger partial charge in [-0.3, -0.25) is 14.5 Å². The highest BCUT2D eigenvalue weighted by molar-refractivity contribution is 5.96. The predicted octanol–water partition coefficient (Wildman–Crippen LogP) is 2.23. The van der Waals surface area contributed by atoms with Crippen LogP contribution < -0.4 is 16.0 Å². The summed E-state index contributed by atoms with van der Waals surface area (Å²) in [4.78, 5) is 47.7. The standard InChI is InChI=1S/C25H40F2N4O3.C4H4O4/c1-15(2)11-29-24(34)18(16(3)4)10-22(32)20(28)12-30-13-23(33)31(14-25(30,5)6)21-9-17(26)7-8-19(21)27;5-3(6)1-2-4(7)8/h7-9,15-16,18,20,22,32H,10-14,28H2,1-6H3,(H,29,34);1-2H,(H,5,6)(H,7,8)/t18-,20-,22-;/m0./s1. The molecule has 0 spiro atoms. The number of piperazine rings is 1. The summed E-state index contributed by atoms with van der Waals surface area (Å²) in [6.45, 7) is 12.6. The summed E-state index contributed by atoms with van der Waals surface area (Å²) in [5.74, 6) is -4.31. The van der Waals surface area contributed by atoms with Crippen LogP contribution in [0, 0.1) is 29.4 Å². The number of benzene rings is 1. The first kappa shape index (κ1) is 36.6. The van der Waals surface area contributed by atoms with Crippen LogP contribution in [0.15, 0.2) is 30.4 Å². The molecule has 13 heteroatoms. The number of hydrogen-bond acceptors (Lipinski definition) is 7. The van der Waals surface area contributed by atoms with Crippen molar-refractivity contribution in [2.75, 3.05) is 31.1 Å². The second kappa shape index (κ2) is 16.3. The fourth-order valence-corrected chi connectivity index (χ4v) is 4.33. The molecule has 0 saturated carbocycles. The Balaban J connectivity index is 0.000000962. The second-order valence-corrected chi connectivity index (χ2v) is 11.7. The molecular weight excluding hydrogens is 554 g/mol. The minimum atomic E-state index is -1.26. The van der Waals surface area contributed by atoms with Crippen LogP contribution in [0.4, 0.5) is 14.5 Å². The first-order valence-electron chi connectivity index (χ1n) is 13.7. The lowest BCUT2D eigenvalue weighted by atomic mass is 9.86. The molecule has 11 nitrogen and oxygen atoms in total. The molecule has 1 aliphatic rings. The van der Waals surface area contributed by atoms with Gasteiger partial charge in [-0.1, -0.05) is 27.7 Å². The van der Waals surface area contributed by atoms with Crippen LogP contribution in [-0.2, 0) is 19.2 Å². The number of carbonyl (C=O) groups excluding carboxylic acids is 2. The lowest BCUT2D eigenvalue weighted by Gasteiger charge is -2.47. The van der Waals surface area contributed by atoms with Gasteiger partial charge in [-0.05, 0) is 44.2 Å². The van der Waals surface area contributed by atoms with Crippen LogP contribution in [0.25, 0.3) is 0 Å². The third-order valence-electron chi connectivity index (χ3n) is 6.84. The number of hydrogen-bond donors (Lipinski definition) is 5. The first-order valence-corrected chi connectivity index (χ1v) is 13.7. The minimum Gasteiger partial charge on any atom is -0.478 e. The topological polar surface area (TPSA) is 173 Å². The molecule has 236 valence electrons. The number of nitrogens with one attached hydrogen (secondary N) is 1. The van der Waals surface area contributed by atoms with E-state index in [-0.39, 0.29) is 55.4 Å². The van der Waals surface area contributed by atoms with E-state index >= 15 is 0 Å². The van der Waals surface area contributed by atoms with Crippen molar-refractivity contribution in [2.45, 2.75) is 65.6 Å². The van der Waals surface area contributed by atoms with Gasteiger partial charge >= 0.3 is 11.9 Å². The molecule has 0 aliphatic carbocycles. The van der Waals surface area contributed by atoms with E-state index in [9.17, 15) is 33.1 Å². The van der Waals surface area contributed by atoms with Gasteiger partial charge in [0.15, 0.2) is 0 Å². The highest BCUT2D eigenvalue weighted by atomic mass is 19.1. The summed E-state index contributed by atoms with van der Waals surface area (Å²) in [6, 6.07) is 2.35. The number of nitrogens with zero attached hydrogens (tertiary/aromatic N) is 2. The van der Waals surface area contributed by atoms with Crippen LogP contribution in [0.3, 0.4) is 0 Å². The normalized spacial score (nSPS) is 17.5. The van der Waals surface area contributed by atoms with E-state index in [1.807, 2.05) is 46.4 Å². The molecule has 1 aromatic rings. The summed E-state index contributed by atoms with van der Waals surface area (Å²) in [5.41, 5.74) is 5.63. The molecule has 0 radical (unpaired) electrons. The fraction of sp³-hybridized carbons (Fsp3) is 0.586. The highest BCUT2D eigenvalue weighted by Gasteiger charge is 2.41. The monoisotopic (exact) mass is 598 g/mol. The van der Waals surface area contributed by atoms with Gasteiger partial charge in [0.05, 0.1) is 18.3 Å². The quantitative estimate of drug-likeness (QED) is 0.226. The third kappa shape index (κ3) is 11.8. The predicted molar refractivity (Wildman–Crippen MR) is 154 cm³/mol. The minimum absolute atomic E-state index is 0.0248. The zero-order valence-corrected chi connectivity index (χ0v) is 25.0. The molecule has 1 aromatic carbocycles. The number of anilines is 1. The summed E-state index contributed by atoms with van der Waals surface area (Å²) < 4.78 is 28.0. The Hall–Kier alpha value is -3.42. The number of carboxylic acid groups (broad SMARTS) is 2. The first-order chi connectivity index (χ1) is 19.3. The van der Waals surface area contributed by atoms with E-state index < -0.39 is 41.3 Å². The van der Waals surface area contributed by atoms with Crippen molar-refractivity contribution in [1.29, 1.82) is 0 Å². The van der Waals surface area contributed by atoms with Gasteiger partial charge in [0, 0.05) is 55.4 Å². The highest BCUT2D eigenvalue weighted by Crippen LogP contribution is 2.29. The molecule has 2 amide bonds. The van der Waals surface area contributed by atoms with Crippen LogP contribution in [-0.4, -0.2) is 87.8 Å². The van der Waals surface area contributed by atoms with E-state index in [0.717, 1.165) is 18.2 Å². The van der Waals surface area contributed by atoms with Gasteiger partial charge in [-0.2, -0.15) is 0 Å². The van der Waals surface area contributed by atoms with Gasteiger partial charge < -0.3 is 31.3 Å². The summed E-state index contributed by atoms with van der Waals surface area (Å²) in [6.07, 6.45) is 0.387. The van der Waals surface area contributed by atoms with Crippen LogP contribution in [0.1, 0.15) is 48.0 Å². The second-order valence-electron chi connectivity index (χ2n) is 11.7. The third-order valence-corrected chi connectivity index (χ3v) is 6.84. The van der Waals surface area contributed by atoms with Crippen molar-refractivity contribution < 1.29 is 43.3 Å². The number of halogens is 2. The molecule has 1 fully saturated rings. The largest absolute Gasteiger partial charge is 0.478 e. The van der Waals surface area contributed by atoms with Gasteiger partial charge in [0.2, 0.25) is 11.8 Å². The molecule has 1 saturated heterocycles. The summed E-state index contributed by atoms with van der Waals surface area (Å²) >= 11 is 0. The Morgan fingerprint density at radius 1 is 1.10 bits per heavy atom. The summed E-state index contributed by atoms with van der Waals surface area (Å²) in [5, 5.41) is 29.4. The van der Waals surface area contributed by atoms with Crippen LogP contribution >= 0.6 is 0 Å². The fourth-order valence-electron chi connectivity index (χ4n) is 4.33. The molecule has 2 rings (SSSR count). The average Bonchev–Trinajstić information content (AvgIpc) is 2.88. The molecular formula is C29H44F2N4O7. The number of carboxylic acids is 2. The Morgan fingerprint density at radius 3 is 2.17 bits per heavy atom. The number of nitrogens with two attached hydrogens (primary N) is 1. The molecule has 3 atom stereocenters. The molecule has 6 N–H and O–H groups in total. The van der Waals surface area contributed by atoms with Crippen molar-refractivity contribution >= 4 is 29.4 Å². The van der Waals surface area contributed by atoms with Crippen molar-refractivity contribution in [3.8, 4) is 0 Å². The van der Waals surface area contributed by atoms with E-state index in [1.54, 1.807) is 0 Å². The number of rotatable bonds is 12. The zero-order valence-electron chi connectivity index (χ0n) is 25.0. The smallest absolute Gasteiger partial charge is 0.328 e. The van der Waals surface area contributed by atoms with E-state index in [0.29, 0.717) is 24.6 Å². The lowest BCUT2D eigenvalue weighted by Crippen LogP contribution is -2.64. The maximum Gasteiger partial charge on any atom is 0.328 e. The maximum atomic E-state index is 14.3. The van der Waals surface area contributed by atoms with Crippen molar-refractivity contribution in [1.82, 2.24) is 10.2 Å². The van der Waals surface area contributed by atoms with Crippen molar-refractivity contribution in [3.63, 3.8) is 0 Å². The molecule has 0 unspecified atom stereocenters. The Labute approximate surface area is 245 Å². The number of aliphatic hydroxyl groups is 1. The van der Waals surface area contributed by atoms with E-state index in [2.05, 4.69) is 5.32 Å². The lowest BCUT2D eigenvalue weighted by molar-refractivity contribution is -0.134. The Morgan fingerprint density at radius 2 is 1.67 bits per heavy atom. The Bertz CT molecular complexity index is 1110. The summed E-state index contributed by atoms with van der Waals surface area (Å²) in [7, 11) is 0. The van der Waals surface area contributed by atoms with Gasteiger partial charge in [0.1, 0.15) is 11.6 Å². The van der Waals surface area contributed by atoms with Crippen molar-refractivity contribution in [2.24, 2.45) is 23.5 Å². The van der Waals surface area contributed by atoms with E-state index in [4.69, 9.17) is 15.9 Å². The van der Waals surface area contributed by atoms with E-state index in [1.165, 1.54) is 4.90 Å². The Kier molecular flexibility index (Phi) is 14.2. The number of aliphatic carboxylic acids is 2. The van der Waals surface area contributed by atoms with Gasteiger partial charge in [0.25, 0.3) is 0 Å². The molecule has 1 aliphatic heterocycles. The molecule has 42 heavy (non-hydrogen) atoms. The number of amides is 2. The van der Waals surface area contributed by atoms with Crippen molar-refractivity contribution in [3.05, 3.63) is 42.0 Å². The number of aliphatic hydroxyl groups excluding tert-OH is 1. The van der Waals surface area contributed by atoms with Gasteiger partial charge in [-0.15, -0.1) is 0 Å². The average molecular weight is 599 g/mol. The SMILES string of the molecule is CC(C)CNC(=O)[C@@H](C[C@H](O)[C@@H](N)CN1CC(=O)N(c2cc(F)ccc2F)CC1(C)C)C(C)C.O=C(O)C=CC(=O)O. The molecule has 0 bridgehead atoms. The zero-order chi connectivity index (χ0) is 32.4.